The van der Waals surface area contributed by atoms with Crippen LogP contribution in [0.25, 0.3) is 0 Å². The van der Waals surface area contributed by atoms with Crippen molar-refractivity contribution in [1.82, 2.24) is 20.9 Å². The molecule has 3 N–H and O–H groups in total. The van der Waals surface area contributed by atoms with E-state index in [1.165, 1.54) is 9.78 Å². The summed E-state index contributed by atoms with van der Waals surface area (Å²) in [7, 11) is 1.70. The number of rotatable bonds is 6. The average molecular weight is 337 g/mol. The van der Waals surface area contributed by atoms with Crippen molar-refractivity contribution >= 4 is 29.2 Å². The van der Waals surface area contributed by atoms with Crippen LogP contribution in [-0.4, -0.2) is 56.0 Å². The summed E-state index contributed by atoms with van der Waals surface area (Å²) in [5, 5.41) is 11.0. The number of nitrogens with one attached hydrogen (secondary N) is 3. The molecule has 8 heteroatoms. The first-order valence-electron chi connectivity index (χ1n) is 7.51. The molecule has 1 aliphatic heterocycles. The van der Waals surface area contributed by atoms with Crippen LogP contribution in [0, 0.1) is 0 Å². The summed E-state index contributed by atoms with van der Waals surface area (Å²) >= 11 is 1.74. The smallest absolute Gasteiger partial charge is 0.324 e. The van der Waals surface area contributed by atoms with Crippen molar-refractivity contribution in [3.63, 3.8) is 0 Å². The molecule has 126 valence electrons. The van der Waals surface area contributed by atoms with E-state index < -0.39 is 0 Å². The van der Waals surface area contributed by atoms with Gasteiger partial charge >= 0.3 is 6.03 Å². The number of amides is 3. The number of guanidine groups is 1. The van der Waals surface area contributed by atoms with Crippen LogP contribution >= 0.6 is 11.3 Å². The third-order valence-electron chi connectivity index (χ3n) is 3.67. The Bertz CT molecular complexity index is 567. The summed E-state index contributed by atoms with van der Waals surface area (Å²) in [6, 6.07) is 3.84. The molecule has 1 aromatic heterocycles. The zero-order chi connectivity index (χ0) is 16.9. The fraction of sp³-hybridized carbons (Fsp3) is 0.533. The van der Waals surface area contributed by atoms with Crippen molar-refractivity contribution in [2.75, 3.05) is 33.2 Å². The Morgan fingerprint density at radius 2 is 2.22 bits per heavy atom. The molecule has 1 saturated heterocycles. The molecule has 0 radical (unpaired) electrons. The van der Waals surface area contributed by atoms with Crippen LogP contribution in [0.3, 0.4) is 0 Å². The molecule has 0 saturated carbocycles. The highest BCUT2D eigenvalue weighted by atomic mass is 32.1. The highest BCUT2D eigenvalue weighted by Crippen LogP contribution is 2.26. The summed E-state index contributed by atoms with van der Waals surface area (Å²) in [5.41, 5.74) is -0.00338. The second kappa shape index (κ2) is 7.45. The minimum absolute atomic E-state index is 0.00338. The maximum atomic E-state index is 11.5. The van der Waals surface area contributed by atoms with Crippen LogP contribution < -0.4 is 16.0 Å². The number of imide groups is 1. The molecule has 1 fully saturated rings. The molecule has 0 atom stereocenters. The van der Waals surface area contributed by atoms with Crippen LogP contribution in [0.5, 0.6) is 0 Å². The number of nitrogens with zero attached hydrogens (tertiary/aromatic N) is 2. The number of carbonyl (C=O) groups is 2. The van der Waals surface area contributed by atoms with E-state index in [0.29, 0.717) is 19.0 Å². The quantitative estimate of drug-likeness (QED) is 0.406. The van der Waals surface area contributed by atoms with Crippen molar-refractivity contribution in [3.05, 3.63) is 22.4 Å². The van der Waals surface area contributed by atoms with Gasteiger partial charge in [0.2, 0.25) is 5.91 Å². The topological polar surface area (TPSA) is 85.8 Å². The van der Waals surface area contributed by atoms with E-state index in [2.05, 4.69) is 46.2 Å². The molecule has 3 amide bonds. The minimum Gasteiger partial charge on any atom is -0.356 e. The van der Waals surface area contributed by atoms with Gasteiger partial charge in [0.15, 0.2) is 5.96 Å². The van der Waals surface area contributed by atoms with Gasteiger partial charge in [-0.3, -0.25) is 14.7 Å². The SMILES string of the molecule is CN=C(NCCN1C(=O)CNC1=O)NCC(C)(C)c1cccs1. The van der Waals surface area contributed by atoms with Crippen LogP contribution in [0.4, 0.5) is 4.79 Å². The van der Waals surface area contributed by atoms with Gasteiger partial charge < -0.3 is 16.0 Å². The predicted octanol–water partition coefficient (Wildman–Crippen LogP) is 0.743. The van der Waals surface area contributed by atoms with Gasteiger partial charge in [0.05, 0.1) is 6.54 Å². The maximum Gasteiger partial charge on any atom is 0.324 e. The lowest BCUT2D eigenvalue weighted by atomic mass is 9.91. The molecular weight excluding hydrogens is 314 g/mol. The van der Waals surface area contributed by atoms with E-state index in [1.54, 1.807) is 18.4 Å². The van der Waals surface area contributed by atoms with Crippen molar-refractivity contribution in [2.45, 2.75) is 19.3 Å². The lowest BCUT2D eigenvalue weighted by Gasteiger charge is -2.25. The Labute approximate surface area is 140 Å². The lowest BCUT2D eigenvalue weighted by Crippen LogP contribution is -2.46. The highest BCUT2D eigenvalue weighted by molar-refractivity contribution is 7.10. The zero-order valence-electron chi connectivity index (χ0n) is 13.7. The molecule has 0 aliphatic carbocycles. The summed E-state index contributed by atoms with van der Waals surface area (Å²) < 4.78 is 0. The van der Waals surface area contributed by atoms with Gasteiger partial charge in [-0.25, -0.2) is 4.79 Å². The molecular formula is C15H23N5O2S. The Morgan fingerprint density at radius 1 is 1.43 bits per heavy atom. The zero-order valence-corrected chi connectivity index (χ0v) is 14.5. The van der Waals surface area contributed by atoms with Gasteiger partial charge in [-0.05, 0) is 11.4 Å². The Hall–Kier alpha value is -2.09. The van der Waals surface area contributed by atoms with Crippen LogP contribution in [0.1, 0.15) is 18.7 Å². The first kappa shape index (κ1) is 17.3. The number of urea groups is 1. The van der Waals surface area contributed by atoms with Crippen molar-refractivity contribution < 1.29 is 9.59 Å². The minimum atomic E-state index is -0.335. The number of hydrogen-bond donors (Lipinski definition) is 3. The number of thiophene rings is 1. The Balaban J connectivity index is 1.78. The molecule has 0 bridgehead atoms. The van der Waals surface area contributed by atoms with E-state index in [1.807, 2.05) is 6.07 Å². The summed E-state index contributed by atoms with van der Waals surface area (Å²) in [6.45, 7) is 5.94. The van der Waals surface area contributed by atoms with Gasteiger partial charge in [-0.2, -0.15) is 0 Å². The van der Waals surface area contributed by atoms with Crippen molar-refractivity contribution in [2.24, 2.45) is 4.99 Å². The van der Waals surface area contributed by atoms with E-state index in [0.717, 1.165) is 6.54 Å². The van der Waals surface area contributed by atoms with E-state index >= 15 is 0 Å². The first-order chi connectivity index (χ1) is 10.9. The average Bonchev–Trinajstić information content (AvgIpc) is 3.16. The van der Waals surface area contributed by atoms with E-state index in [9.17, 15) is 9.59 Å². The lowest BCUT2D eigenvalue weighted by molar-refractivity contribution is -0.124. The predicted molar refractivity (Wildman–Crippen MR) is 91.8 cm³/mol. The van der Waals surface area contributed by atoms with Gasteiger partial charge in [0.1, 0.15) is 0 Å². The van der Waals surface area contributed by atoms with Gasteiger partial charge in [0.25, 0.3) is 0 Å². The highest BCUT2D eigenvalue weighted by Gasteiger charge is 2.27. The largest absolute Gasteiger partial charge is 0.356 e. The second-order valence-electron chi connectivity index (χ2n) is 5.92. The Kier molecular flexibility index (Phi) is 5.59. The van der Waals surface area contributed by atoms with Crippen LogP contribution in [0.2, 0.25) is 0 Å². The normalized spacial score (nSPS) is 15.8. The molecule has 23 heavy (non-hydrogen) atoms. The molecule has 2 heterocycles. The summed E-state index contributed by atoms with van der Waals surface area (Å²) in [6.07, 6.45) is 0. The number of hydrogen-bond acceptors (Lipinski definition) is 4. The monoisotopic (exact) mass is 337 g/mol. The molecule has 1 aliphatic rings. The molecule has 0 spiro atoms. The van der Waals surface area contributed by atoms with Gasteiger partial charge in [0, 0.05) is 37.0 Å². The van der Waals surface area contributed by atoms with Crippen molar-refractivity contribution in [1.29, 1.82) is 0 Å². The third-order valence-corrected chi connectivity index (χ3v) is 4.91. The van der Waals surface area contributed by atoms with E-state index in [4.69, 9.17) is 0 Å². The third kappa shape index (κ3) is 4.44. The maximum absolute atomic E-state index is 11.5. The number of aliphatic imine (C=N–C) groups is 1. The van der Waals surface area contributed by atoms with Crippen LogP contribution in [0.15, 0.2) is 22.5 Å². The Morgan fingerprint density at radius 3 is 2.78 bits per heavy atom. The van der Waals surface area contributed by atoms with Crippen LogP contribution in [-0.2, 0) is 10.2 Å². The van der Waals surface area contributed by atoms with Crippen molar-refractivity contribution in [3.8, 4) is 0 Å². The fourth-order valence-electron chi connectivity index (χ4n) is 2.24. The fourth-order valence-corrected chi connectivity index (χ4v) is 3.10. The standard InChI is InChI=1S/C15H23N5O2S/c1-15(2,11-5-4-8-23-11)10-19-13(16-3)17-6-7-20-12(21)9-18-14(20)22/h4-5,8H,6-7,9-10H2,1-3H3,(H,18,22)(H2,16,17,19). The van der Waals surface area contributed by atoms with Gasteiger partial charge in [-0.15, -0.1) is 11.3 Å². The molecule has 7 nitrogen and oxygen atoms in total. The number of carbonyl (C=O) groups excluding carboxylic acids is 2. The summed E-state index contributed by atoms with van der Waals surface area (Å²) in [5.74, 6) is 0.459. The van der Waals surface area contributed by atoms with E-state index in [-0.39, 0.29) is 23.9 Å². The molecule has 2 rings (SSSR count). The molecule has 0 aromatic carbocycles. The summed E-state index contributed by atoms with van der Waals surface area (Å²) in [4.78, 5) is 29.6. The molecule has 1 aromatic rings. The molecule has 0 unspecified atom stereocenters. The second-order valence-corrected chi connectivity index (χ2v) is 6.87. The first-order valence-corrected chi connectivity index (χ1v) is 8.39. The van der Waals surface area contributed by atoms with Gasteiger partial charge in [-0.1, -0.05) is 19.9 Å².